The third-order valence-electron chi connectivity index (χ3n) is 2.80. The number of halogens is 1. The molecular formula is C11H11ClN2O. The minimum Gasteiger partial charge on any atom is -0.437 e. The summed E-state index contributed by atoms with van der Waals surface area (Å²) < 4.78 is 5.59. The first-order valence-corrected chi connectivity index (χ1v) is 5.44. The molecule has 0 spiro atoms. The predicted molar refractivity (Wildman–Crippen MR) is 58.7 cm³/mol. The highest BCUT2D eigenvalue weighted by molar-refractivity contribution is 6.34. The smallest absolute Gasteiger partial charge is 0.212 e. The van der Waals surface area contributed by atoms with Gasteiger partial charge < -0.3 is 10.2 Å². The molecule has 15 heavy (non-hydrogen) atoms. The maximum atomic E-state index is 6.01. The zero-order valence-electron chi connectivity index (χ0n) is 8.11. The zero-order valence-corrected chi connectivity index (χ0v) is 8.87. The van der Waals surface area contributed by atoms with E-state index in [1.165, 1.54) is 12.8 Å². The van der Waals surface area contributed by atoms with Crippen LogP contribution >= 0.6 is 11.6 Å². The third-order valence-corrected chi connectivity index (χ3v) is 3.10. The van der Waals surface area contributed by atoms with Gasteiger partial charge in [-0.2, -0.15) is 0 Å². The molecule has 1 unspecified atom stereocenters. The summed E-state index contributed by atoms with van der Waals surface area (Å²) in [6, 6.07) is 5.46. The van der Waals surface area contributed by atoms with Crippen LogP contribution in [0.2, 0.25) is 5.02 Å². The minimum absolute atomic E-state index is 0.0755. The van der Waals surface area contributed by atoms with Crippen LogP contribution in [-0.4, -0.2) is 4.98 Å². The summed E-state index contributed by atoms with van der Waals surface area (Å²) in [6.07, 6.45) is 2.35. The number of benzene rings is 1. The Balaban J connectivity index is 2.09. The molecule has 0 saturated heterocycles. The Morgan fingerprint density at radius 3 is 2.93 bits per heavy atom. The lowest BCUT2D eigenvalue weighted by atomic mass is 10.2. The van der Waals surface area contributed by atoms with E-state index in [1.54, 1.807) is 6.07 Å². The molecule has 3 nitrogen and oxygen atoms in total. The molecule has 0 aliphatic heterocycles. The van der Waals surface area contributed by atoms with Gasteiger partial charge in [-0.1, -0.05) is 17.7 Å². The fourth-order valence-electron chi connectivity index (χ4n) is 1.73. The molecule has 4 heteroatoms. The maximum absolute atomic E-state index is 6.01. The van der Waals surface area contributed by atoms with Crippen molar-refractivity contribution in [1.82, 2.24) is 4.98 Å². The van der Waals surface area contributed by atoms with Gasteiger partial charge in [0.15, 0.2) is 5.58 Å². The lowest BCUT2D eigenvalue weighted by Gasteiger charge is -2.02. The summed E-state index contributed by atoms with van der Waals surface area (Å²) in [5.74, 6) is 1.15. The molecule has 1 aliphatic carbocycles. The molecule has 0 radical (unpaired) electrons. The Hall–Kier alpha value is -1.06. The van der Waals surface area contributed by atoms with Crippen LogP contribution < -0.4 is 5.73 Å². The van der Waals surface area contributed by atoms with Crippen molar-refractivity contribution in [3.05, 3.63) is 29.1 Å². The van der Waals surface area contributed by atoms with Gasteiger partial charge in [-0.25, -0.2) is 4.98 Å². The average Bonchev–Trinajstić information content (AvgIpc) is 2.97. The summed E-state index contributed by atoms with van der Waals surface area (Å²) in [4.78, 5) is 4.36. The van der Waals surface area contributed by atoms with E-state index >= 15 is 0 Å². The number of fused-ring (bicyclic) bond motifs is 1. The number of para-hydroxylation sites is 1. The number of oxazole rings is 1. The van der Waals surface area contributed by atoms with Gasteiger partial charge in [-0.3, -0.25) is 0 Å². The Morgan fingerprint density at radius 2 is 2.27 bits per heavy atom. The van der Waals surface area contributed by atoms with Crippen LogP contribution in [0.3, 0.4) is 0 Å². The van der Waals surface area contributed by atoms with Gasteiger partial charge in [0, 0.05) is 0 Å². The molecule has 1 fully saturated rings. The molecule has 1 aromatic carbocycles. The predicted octanol–water partition coefficient (Wildman–Crippen LogP) is 2.89. The molecule has 1 heterocycles. The Morgan fingerprint density at radius 1 is 1.47 bits per heavy atom. The standard InChI is InChI=1S/C11H11ClN2O/c12-7-2-1-3-8-10(7)15-11(14-8)9(13)6-4-5-6/h1-3,6,9H,4-5,13H2. The molecular weight excluding hydrogens is 212 g/mol. The largest absolute Gasteiger partial charge is 0.437 e. The number of hydrogen-bond acceptors (Lipinski definition) is 3. The second kappa shape index (κ2) is 3.22. The molecule has 1 aliphatic rings. The molecule has 1 aromatic heterocycles. The fourth-order valence-corrected chi connectivity index (χ4v) is 1.94. The van der Waals surface area contributed by atoms with Gasteiger partial charge in [0.25, 0.3) is 0 Å². The Kier molecular flexibility index (Phi) is 1.97. The van der Waals surface area contributed by atoms with Crippen molar-refractivity contribution in [2.45, 2.75) is 18.9 Å². The number of hydrogen-bond donors (Lipinski definition) is 1. The van der Waals surface area contributed by atoms with E-state index in [0.29, 0.717) is 22.4 Å². The molecule has 2 aromatic rings. The van der Waals surface area contributed by atoms with Gasteiger partial charge in [0.1, 0.15) is 5.52 Å². The minimum atomic E-state index is -0.0755. The van der Waals surface area contributed by atoms with Crippen LogP contribution in [0, 0.1) is 5.92 Å². The summed E-state index contributed by atoms with van der Waals surface area (Å²) in [6.45, 7) is 0. The van der Waals surface area contributed by atoms with Crippen molar-refractivity contribution >= 4 is 22.7 Å². The van der Waals surface area contributed by atoms with Crippen LogP contribution in [0.25, 0.3) is 11.1 Å². The van der Waals surface area contributed by atoms with E-state index < -0.39 is 0 Å². The van der Waals surface area contributed by atoms with E-state index in [1.807, 2.05) is 12.1 Å². The van der Waals surface area contributed by atoms with E-state index in [2.05, 4.69) is 4.98 Å². The summed E-state index contributed by atoms with van der Waals surface area (Å²) in [5, 5.41) is 0.592. The highest BCUT2D eigenvalue weighted by atomic mass is 35.5. The van der Waals surface area contributed by atoms with Crippen LogP contribution in [0.5, 0.6) is 0 Å². The molecule has 0 bridgehead atoms. The van der Waals surface area contributed by atoms with Crippen molar-refractivity contribution in [3.63, 3.8) is 0 Å². The van der Waals surface area contributed by atoms with Crippen LogP contribution in [0.4, 0.5) is 0 Å². The van der Waals surface area contributed by atoms with E-state index in [9.17, 15) is 0 Å². The van der Waals surface area contributed by atoms with E-state index in [0.717, 1.165) is 5.52 Å². The molecule has 2 N–H and O–H groups in total. The zero-order chi connectivity index (χ0) is 10.4. The Bertz CT molecular complexity index is 504. The fraction of sp³-hybridized carbons (Fsp3) is 0.364. The molecule has 0 amide bonds. The van der Waals surface area contributed by atoms with Crippen LogP contribution in [-0.2, 0) is 0 Å². The Labute approximate surface area is 92.2 Å². The molecule has 78 valence electrons. The van der Waals surface area contributed by atoms with Gasteiger partial charge in [0.05, 0.1) is 11.1 Å². The molecule has 3 rings (SSSR count). The SMILES string of the molecule is NC(c1nc2cccc(Cl)c2o1)C1CC1. The quantitative estimate of drug-likeness (QED) is 0.850. The second-order valence-corrected chi connectivity index (χ2v) is 4.41. The third kappa shape index (κ3) is 1.52. The number of nitrogens with two attached hydrogens (primary N) is 1. The first-order chi connectivity index (χ1) is 7.25. The van der Waals surface area contributed by atoms with Crippen molar-refractivity contribution in [2.75, 3.05) is 0 Å². The van der Waals surface area contributed by atoms with Gasteiger partial charge >= 0.3 is 0 Å². The topological polar surface area (TPSA) is 52.0 Å². The highest BCUT2D eigenvalue weighted by Gasteiger charge is 2.32. The van der Waals surface area contributed by atoms with Crippen LogP contribution in [0.15, 0.2) is 22.6 Å². The second-order valence-electron chi connectivity index (χ2n) is 4.00. The number of aromatic nitrogens is 1. The molecule has 1 saturated carbocycles. The molecule has 1 atom stereocenters. The van der Waals surface area contributed by atoms with E-state index in [4.69, 9.17) is 21.8 Å². The summed E-state index contributed by atoms with van der Waals surface area (Å²) in [5.41, 5.74) is 7.44. The van der Waals surface area contributed by atoms with Crippen LogP contribution in [0.1, 0.15) is 24.8 Å². The first kappa shape index (κ1) is 9.19. The monoisotopic (exact) mass is 222 g/mol. The van der Waals surface area contributed by atoms with Gasteiger partial charge in [-0.05, 0) is 30.9 Å². The van der Waals surface area contributed by atoms with Gasteiger partial charge in [-0.15, -0.1) is 0 Å². The lowest BCUT2D eigenvalue weighted by molar-refractivity contribution is 0.448. The normalized spacial score (nSPS) is 18.3. The summed E-state index contributed by atoms with van der Waals surface area (Å²) >= 11 is 6.00. The maximum Gasteiger partial charge on any atom is 0.212 e. The average molecular weight is 223 g/mol. The first-order valence-electron chi connectivity index (χ1n) is 5.06. The number of nitrogens with zero attached hydrogens (tertiary/aromatic N) is 1. The summed E-state index contributed by atoms with van der Waals surface area (Å²) in [7, 11) is 0. The van der Waals surface area contributed by atoms with Crippen molar-refractivity contribution in [2.24, 2.45) is 11.7 Å². The van der Waals surface area contributed by atoms with Crippen molar-refractivity contribution in [1.29, 1.82) is 0 Å². The lowest BCUT2D eigenvalue weighted by Crippen LogP contribution is -2.12. The number of rotatable bonds is 2. The highest BCUT2D eigenvalue weighted by Crippen LogP contribution is 2.40. The van der Waals surface area contributed by atoms with Crippen molar-refractivity contribution < 1.29 is 4.42 Å². The van der Waals surface area contributed by atoms with Crippen molar-refractivity contribution in [3.8, 4) is 0 Å². The van der Waals surface area contributed by atoms with E-state index in [-0.39, 0.29) is 6.04 Å². The van der Waals surface area contributed by atoms with Gasteiger partial charge in [0.2, 0.25) is 5.89 Å².